The van der Waals surface area contributed by atoms with Crippen LogP contribution in [0.1, 0.15) is 232 Å². The van der Waals surface area contributed by atoms with Crippen molar-refractivity contribution in [3.63, 3.8) is 0 Å². The summed E-state index contributed by atoms with van der Waals surface area (Å²) in [6.45, 7) is 4.26. The van der Waals surface area contributed by atoms with E-state index in [1.165, 1.54) is 89.9 Å². The Morgan fingerprint density at radius 1 is 0.400 bits per heavy atom. The zero-order chi connectivity index (χ0) is 58.4. The summed E-state index contributed by atoms with van der Waals surface area (Å²) in [5.74, 6) is -0.846. The standard InChI is InChI=1S/C70H116NO8P/c1-6-8-10-12-14-16-18-20-22-24-26-27-28-29-30-31-32-33-34-35-36-37-38-39-40-41-42-43-45-47-49-51-53-55-57-59-61-63-70(73)79-68(67-78-80(74,75)77-65-64-71(3,4)5)66-76-69(72)62-60-58-56-54-52-50-48-46-44-25-23-21-19-17-15-13-11-9-7-2/h8,10,14,16,20-23,26-27,29-30,32-33,35-36,38-39,41-42,45,47,51,53,68H,6-7,9,11-13,15,17-19,24-25,28,31,34,37,40,43-44,46,48-50,52,54-67H2,1-5H3/p+1/b10-8-,16-14-,22-20-,23-21-,27-26-,30-29-,33-32-,36-35-,39-38-,42-41-,47-45-,53-51-. The number of ether oxygens (including phenoxy) is 2. The lowest BCUT2D eigenvalue weighted by molar-refractivity contribution is -0.870. The third-order valence-electron chi connectivity index (χ3n) is 12.9. The number of esters is 2. The predicted octanol–water partition coefficient (Wildman–Crippen LogP) is 20.3. The molecule has 10 heteroatoms. The van der Waals surface area contributed by atoms with Gasteiger partial charge in [-0.1, -0.05) is 243 Å². The van der Waals surface area contributed by atoms with E-state index in [0.29, 0.717) is 17.4 Å². The van der Waals surface area contributed by atoms with Gasteiger partial charge in [0.25, 0.3) is 0 Å². The first-order valence-corrected chi connectivity index (χ1v) is 33.1. The van der Waals surface area contributed by atoms with Crippen LogP contribution in [0.4, 0.5) is 0 Å². The number of rotatable bonds is 56. The number of quaternary nitrogens is 1. The van der Waals surface area contributed by atoms with Gasteiger partial charge >= 0.3 is 19.8 Å². The smallest absolute Gasteiger partial charge is 0.462 e. The number of likely N-dealkylation sites (N-methyl/N-ethyl adjacent to an activating group) is 1. The summed E-state index contributed by atoms with van der Waals surface area (Å²) in [7, 11) is 1.43. The Morgan fingerprint density at radius 2 is 0.713 bits per heavy atom. The number of carbonyl (C=O) groups is 2. The van der Waals surface area contributed by atoms with E-state index in [-0.39, 0.29) is 32.0 Å². The fraction of sp³-hybridized carbons (Fsp3) is 0.629. The van der Waals surface area contributed by atoms with Crippen LogP contribution in [-0.2, 0) is 32.7 Å². The number of hydrogen-bond donors (Lipinski definition) is 1. The van der Waals surface area contributed by atoms with Gasteiger partial charge in [-0.3, -0.25) is 18.6 Å². The molecule has 454 valence electrons. The van der Waals surface area contributed by atoms with Crippen molar-refractivity contribution in [2.45, 2.75) is 238 Å². The van der Waals surface area contributed by atoms with E-state index < -0.39 is 26.5 Å². The van der Waals surface area contributed by atoms with E-state index in [4.69, 9.17) is 18.5 Å². The summed E-state index contributed by atoms with van der Waals surface area (Å²) in [6, 6.07) is 0. The number of phosphoric acid groups is 1. The maximum Gasteiger partial charge on any atom is 0.472 e. The van der Waals surface area contributed by atoms with Gasteiger partial charge in [-0.15, -0.1) is 0 Å². The molecule has 9 nitrogen and oxygen atoms in total. The summed E-state index contributed by atoms with van der Waals surface area (Å²) in [6.07, 6.45) is 87.8. The monoisotopic (exact) mass is 1130 g/mol. The number of allylic oxidation sites excluding steroid dienone is 24. The largest absolute Gasteiger partial charge is 0.472 e. The van der Waals surface area contributed by atoms with Gasteiger partial charge in [0.2, 0.25) is 0 Å². The minimum absolute atomic E-state index is 0.0171. The van der Waals surface area contributed by atoms with Crippen LogP contribution in [0.25, 0.3) is 0 Å². The molecule has 0 saturated heterocycles. The first-order valence-electron chi connectivity index (χ1n) is 31.6. The van der Waals surface area contributed by atoms with Crippen molar-refractivity contribution in [2.24, 2.45) is 0 Å². The van der Waals surface area contributed by atoms with E-state index in [0.717, 1.165) is 109 Å². The zero-order valence-corrected chi connectivity index (χ0v) is 52.4. The molecule has 80 heavy (non-hydrogen) atoms. The van der Waals surface area contributed by atoms with Gasteiger partial charge in [-0.25, -0.2) is 4.57 Å². The summed E-state index contributed by atoms with van der Waals surface area (Å²) in [5, 5.41) is 0. The Labute approximate surface area is 491 Å². The number of carbonyl (C=O) groups excluding carboxylic acids is 2. The molecule has 2 unspecified atom stereocenters. The topological polar surface area (TPSA) is 108 Å². The van der Waals surface area contributed by atoms with Gasteiger partial charge < -0.3 is 18.9 Å². The molecule has 0 bridgehead atoms. The second-order valence-electron chi connectivity index (χ2n) is 21.7. The molecule has 0 aromatic heterocycles. The molecule has 0 saturated carbocycles. The SMILES string of the molecule is CC/C=C\C/C=C\C/C=C\C/C=C\C/C=C\C/C=C\C/C=C\C/C=C\C/C=C\C/C=C\C/C=C\CCCCCC(=O)OC(COC(=O)CCCCCCCCCCC/C=C\CCCCCCCC)COP(=O)(O)OCC[N+](C)(C)C. The Balaban J connectivity index is 4.24. The lowest BCUT2D eigenvalue weighted by atomic mass is 10.1. The van der Waals surface area contributed by atoms with Crippen LogP contribution in [0, 0.1) is 0 Å². The normalized spacial score (nSPS) is 14.2. The van der Waals surface area contributed by atoms with Gasteiger partial charge in [0.15, 0.2) is 6.10 Å². The predicted molar refractivity (Wildman–Crippen MR) is 343 cm³/mol. The summed E-state index contributed by atoms with van der Waals surface area (Å²) in [5.41, 5.74) is 0. The van der Waals surface area contributed by atoms with Crippen molar-refractivity contribution in [3.8, 4) is 0 Å². The number of nitrogens with zero attached hydrogens (tertiary/aromatic N) is 1. The average Bonchev–Trinajstić information content (AvgIpc) is 3.42. The van der Waals surface area contributed by atoms with Crippen LogP contribution in [0.3, 0.4) is 0 Å². The van der Waals surface area contributed by atoms with Gasteiger partial charge in [0.1, 0.15) is 19.8 Å². The van der Waals surface area contributed by atoms with Crippen molar-refractivity contribution < 1.29 is 42.1 Å². The number of unbranched alkanes of at least 4 members (excludes halogenated alkanes) is 18. The summed E-state index contributed by atoms with van der Waals surface area (Å²) >= 11 is 0. The van der Waals surface area contributed by atoms with Crippen molar-refractivity contribution >= 4 is 19.8 Å². The van der Waals surface area contributed by atoms with Crippen LogP contribution >= 0.6 is 7.82 Å². The van der Waals surface area contributed by atoms with E-state index in [1.807, 2.05) is 21.1 Å². The molecule has 0 amide bonds. The highest BCUT2D eigenvalue weighted by atomic mass is 31.2. The average molecular weight is 1130 g/mol. The second-order valence-corrected chi connectivity index (χ2v) is 23.2. The Morgan fingerprint density at radius 3 is 1.09 bits per heavy atom. The van der Waals surface area contributed by atoms with Crippen molar-refractivity contribution in [1.29, 1.82) is 0 Å². The quantitative estimate of drug-likeness (QED) is 0.0211. The molecule has 0 rings (SSSR count). The molecule has 2 atom stereocenters. The molecule has 0 aliphatic carbocycles. The maximum absolute atomic E-state index is 12.8. The summed E-state index contributed by atoms with van der Waals surface area (Å²) in [4.78, 5) is 35.7. The number of phosphoric ester groups is 1. The van der Waals surface area contributed by atoms with Crippen LogP contribution in [0.5, 0.6) is 0 Å². The van der Waals surface area contributed by atoms with Crippen molar-refractivity contribution in [3.05, 3.63) is 146 Å². The highest BCUT2D eigenvalue weighted by Crippen LogP contribution is 2.43. The zero-order valence-electron chi connectivity index (χ0n) is 51.5. The first kappa shape index (κ1) is 75.9. The summed E-state index contributed by atoms with van der Waals surface area (Å²) < 4.78 is 34.6. The molecular formula is C70H117NO8P+. The second kappa shape index (κ2) is 59.5. The van der Waals surface area contributed by atoms with E-state index in [9.17, 15) is 19.0 Å². The highest BCUT2D eigenvalue weighted by molar-refractivity contribution is 7.47. The van der Waals surface area contributed by atoms with Crippen LogP contribution < -0.4 is 0 Å². The molecule has 0 radical (unpaired) electrons. The van der Waals surface area contributed by atoms with Gasteiger partial charge in [0, 0.05) is 12.8 Å². The maximum atomic E-state index is 12.8. The van der Waals surface area contributed by atoms with Gasteiger partial charge in [0.05, 0.1) is 27.7 Å². The van der Waals surface area contributed by atoms with E-state index >= 15 is 0 Å². The minimum Gasteiger partial charge on any atom is -0.462 e. The van der Waals surface area contributed by atoms with Gasteiger partial charge in [-0.05, 0) is 122 Å². The van der Waals surface area contributed by atoms with E-state index in [2.05, 4.69) is 160 Å². The third-order valence-corrected chi connectivity index (χ3v) is 13.8. The Kier molecular flexibility index (Phi) is 56.5. The van der Waals surface area contributed by atoms with E-state index in [1.54, 1.807) is 0 Å². The number of hydrogen-bond acceptors (Lipinski definition) is 7. The molecule has 1 N–H and O–H groups in total. The molecule has 0 fully saturated rings. The van der Waals surface area contributed by atoms with Crippen molar-refractivity contribution in [1.82, 2.24) is 0 Å². The fourth-order valence-corrected chi connectivity index (χ4v) is 8.76. The van der Waals surface area contributed by atoms with Gasteiger partial charge in [-0.2, -0.15) is 0 Å². The molecule has 0 aromatic carbocycles. The molecule has 0 heterocycles. The van der Waals surface area contributed by atoms with Crippen LogP contribution in [0.2, 0.25) is 0 Å². The van der Waals surface area contributed by atoms with Crippen LogP contribution in [-0.4, -0.2) is 74.9 Å². The molecule has 0 spiro atoms. The lowest BCUT2D eigenvalue weighted by Gasteiger charge is -2.24. The van der Waals surface area contributed by atoms with Crippen molar-refractivity contribution in [2.75, 3.05) is 47.5 Å². The molecule has 0 aliphatic heterocycles. The van der Waals surface area contributed by atoms with Crippen LogP contribution in [0.15, 0.2) is 146 Å². The Hall–Kier alpha value is -4.11. The Bertz CT molecular complexity index is 1860. The third kappa shape index (κ3) is 63.1. The molecule has 0 aliphatic rings. The first-order chi connectivity index (χ1) is 39.0. The minimum atomic E-state index is -4.41. The highest BCUT2D eigenvalue weighted by Gasteiger charge is 2.27. The lowest BCUT2D eigenvalue weighted by Crippen LogP contribution is -2.37. The molecule has 0 aromatic rings. The fourth-order valence-electron chi connectivity index (χ4n) is 8.01. The molecular weight excluding hydrogens is 1010 g/mol.